The molecule has 6 heteroatoms. The van der Waals surface area contributed by atoms with E-state index in [9.17, 15) is 9.90 Å². The van der Waals surface area contributed by atoms with Gasteiger partial charge in [0, 0.05) is 30.7 Å². The number of aliphatic hydroxyl groups excluding tert-OH is 1. The fraction of sp³-hybridized carbons (Fsp3) is 0.467. The van der Waals surface area contributed by atoms with Gasteiger partial charge in [0.15, 0.2) is 0 Å². The molecule has 1 amide bonds. The minimum Gasteiger partial charge on any atom is -0.390 e. The fourth-order valence-electron chi connectivity index (χ4n) is 4.26. The molecule has 194 valence electrons. The van der Waals surface area contributed by atoms with E-state index in [1.165, 1.54) is 0 Å². The van der Waals surface area contributed by atoms with Gasteiger partial charge >= 0.3 is 0 Å². The Hall–Kier alpha value is -2.96. The van der Waals surface area contributed by atoms with Crippen LogP contribution >= 0.6 is 0 Å². The molecule has 0 bridgehead atoms. The summed E-state index contributed by atoms with van der Waals surface area (Å²) in [4.78, 5) is 17.4. The van der Waals surface area contributed by atoms with Crippen molar-refractivity contribution in [1.29, 1.82) is 0 Å². The highest BCUT2D eigenvalue weighted by atomic mass is 16.5. The van der Waals surface area contributed by atoms with Gasteiger partial charge in [0.25, 0.3) is 5.91 Å². The van der Waals surface area contributed by atoms with E-state index in [4.69, 9.17) is 4.74 Å². The van der Waals surface area contributed by atoms with E-state index in [0.717, 1.165) is 52.9 Å². The van der Waals surface area contributed by atoms with Crippen molar-refractivity contribution < 1.29 is 14.6 Å². The van der Waals surface area contributed by atoms with E-state index in [2.05, 4.69) is 67.5 Å². The van der Waals surface area contributed by atoms with Crippen LogP contribution in [0.4, 0.5) is 0 Å². The van der Waals surface area contributed by atoms with Crippen molar-refractivity contribution in [1.82, 2.24) is 14.7 Å². The molecule has 0 aliphatic rings. The smallest absolute Gasteiger partial charge is 0.253 e. The lowest BCUT2D eigenvalue weighted by Gasteiger charge is -2.23. The molecule has 3 rings (SSSR count). The maximum absolute atomic E-state index is 13.1. The molecule has 0 fully saturated rings. The summed E-state index contributed by atoms with van der Waals surface area (Å²) in [5.74, 6) is -0.00165. The van der Waals surface area contributed by atoms with Crippen molar-refractivity contribution in [3.63, 3.8) is 0 Å². The number of carbonyl (C=O) groups excluding carboxylic acids is 1. The van der Waals surface area contributed by atoms with Gasteiger partial charge in [-0.25, -0.2) is 4.98 Å². The lowest BCUT2D eigenvalue weighted by atomic mass is 10.00. The van der Waals surface area contributed by atoms with E-state index in [0.29, 0.717) is 12.8 Å². The lowest BCUT2D eigenvalue weighted by molar-refractivity contribution is -0.135. The number of nitrogens with zero attached hydrogens (tertiary/aromatic N) is 2. The highest BCUT2D eigenvalue weighted by Gasteiger charge is 2.22. The molecule has 0 radical (unpaired) electrons. The molecule has 6 nitrogen and oxygen atoms in total. The molecule has 0 saturated heterocycles. The first-order chi connectivity index (χ1) is 17.4. The predicted octanol–water partition coefficient (Wildman–Crippen LogP) is 5.94. The van der Waals surface area contributed by atoms with Gasteiger partial charge in [0.05, 0.1) is 12.7 Å². The zero-order valence-electron chi connectivity index (χ0n) is 22.3. The number of amides is 1. The number of benzene rings is 1. The lowest BCUT2D eigenvalue weighted by Crippen LogP contribution is -2.38. The number of allylic oxidation sites excluding steroid dienone is 2. The number of fused-ring (bicyclic) bond motifs is 1. The molecule has 36 heavy (non-hydrogen) atoms. The number of hydrogen-bond acceptors (Lipinski definition) is 4. The van der Waals surface area contributed by atoms with Crippen LogP contribution in [0, 0.1) is 5.92 Å². The number of hydrogen-bond donors (Lipinski definition) is 2. The van der Waals surface area contributed by atoms with Gasteiger partial charge in [-0.1, -0.05) is 64.0 Å². The second kappa shape index (κ2) is 13.4. The van der Waals surface area contributed by atoms with Crippen LogP contribution in [0.3, 0.4) is 0 Å². The van der Waals surface area contributed by atoms with Crippen molar-refractivity contribution in [3.05, 3.63) is 71.8 Å². The van der Waals surface area contributed by atoms with Crippen LogP contribution in [0.25, 0.3) is 16.8 Å². The summed E-state index contributed by atoms with van der Waals surface area (Å²) in [6, 6.07) is 12.6. The first-order valence-corrected chi connectivity index (χ1v) is 13.2. The zero-order valence-corrected chi connectivity index (χ0v) is 22.3. The Kier molecular flexibility index (Phi) is 10.3. The van der Waals surface area contributed by atoms with E-state index in [1.54, 1.807) is 6.20 Å². The average molecular weight is 492 g/mol. The molecule has 1 aromatic carbocycles. The molecule has 3 atom stereocenters. The van der Waals surface area contributed by atoms with Crippen molar-refractivity contribution >= 4 is 11.6 Å². The van der Waals surface area contributed by atoms with Gasteiger partial charge in [-0.05, 0) is 60.9 Å². The number of carbonyl (C=O) groups is 1. The Morgan fingerprint density at radius 3 is 2.53 bits per heavy atom. The Balaban J connectivity index is 1.66. The first-order valence-electron chi connectivity index (χ1n) is 13.2. The van der Waals surface area contributed by atoms with Crippen molar-refractivity contribution in [3.8, 4) is 11.1 Å². The largest absolute Gasteiger partial charge is 0.390 e. The Morgan fingerprint density at radius 1 is 1.11 bits per heavy atom. The second-order valence-electron chi connectivity index (χ2n) is 9.65. The van der Waals surface area contributed by atoms with Gasteiger partial charge in [-0.3, -0.25) is 4.79 Å². The van der Waals surface area contributed by atoms with Crippen LogP contribution in [0.1, 0.15) is 65.9 Å². The van der Waals surface area contributed by atoms with E-state index < -0.39 is 12.2 Å². The number of rotatable bonds is 13. The number of nitrogens with one attached hydrogen (secondary N) is 1. The van der Waals surface area contributed by atoms with Crippen molar-refractivity contribution in [2.75, 3.05) is 6.61 Å². The third kappa shape index (κ3) is 7.28. The summed E-state index contributed by atoms with van der Waals surface area (Å²) in [6.07, 6.45) is 8.58. The zero-order chi connectivity index (χ0) is 26.1. The maximum Gasteiger partial charge on any atom is 0.253 e. The van der Waals surface area contributed by atoms with Gasteiger partial charge < -0.3 is 19.6 Å². The Morgan fingerprint density at radius 2 is 1.86 bits per heavy atom. The molecular formula is C30H41N3O3. The fourth-order valence-corrected chi connectivity index (χ4v) is 4.26. The maximum atomic E-state index is 13.1. The molecular weight excluding hydrogens is 450 g/mol. The van der Waals surface area contributed by atoms with Crippen molar-refractivity contribution in [2.45, 2.75) is 78.9 Å². The molecule has 3 aromatic rings. The highest BCUT2D eigenvalue weighted by molar-refractivity contribution is 5.82. The predicted molar refractivity (Wildman–Crippen MR) is 146 cm³/mol. The SMILES string of the molecule is CCCC(C)C(O)COC(CC)C(=O)NC(Cc1ccc(-c2ccn3ccnc3c2)cc1)=C(C)CC. The van der Waals surface area contributed by atoms with Crippen molar-refractivity contribution in [2.24, 2.45) is 5.92 Å². The standard InChI is InChI=1S/C30H41N3O3/c1-6-9-22(5)27(34)20-36-28(8-3)30(35)32-26(21(4)7-2)18-23-10-12-24(13-11-23)25-14-16-33-17-15-31-29(33)19-25/h10-17,19,22,27-28,34H,6-9,18,20H2,1-5H3,(H,32,35). The summed E-state index contributed by atoms with van der Waals surface area (Å²) >= 11 is 0. The normalized spacial score (nSPS) is 14.8. The van der Waals surface area contributed by atoms with Gasteiger partial charge in [-0.15, -0.1) is 0 Å². The highest BCUT2D eigenvalue weighted by Crippen LogP contribution is 2.22. The van der Waals surface area contributed by atoms with Crippen LogP contribution in [0.5, 0.6) is 0 Å². The molecule has 2 N–H and O–H groups in total. The minimum atomic E-state index is -0.590. The monoisotopic (exact) mass is 491 g/mol. The molecule has 0 aliphatic heterocycles. The van der Waals surface area contributed by atoms with Crippen LogP contribution in [0.2, 0.25) is 0 Å². The topological polar surface area (TPSA) is 75.9 Å². The molecule has 0 spiro atoms. The second-order valence-corrected chi connectivity index (χ2v) is 9.65. The van der Waals surface area contributed by atoms with Crippen LogP contribution in [-0.2, 0) is 16.0 Å². The molecule has 2 aromatic heterocycles. The van der Waals surface area contributed by atoms with E-state index in [1.807, 2.05) is 30.6 Å². The average Bonchev–Trinajstić information content (AvgIpc) is 3.36. The quantitative estimate of drug-likeness (QED) is 0.310. The Labute approximate surface area is 215 Å². The van der Waals surface area contributed by atoms with E-state index in [-0.39, 0.29) is 18.4 Å². The number of ether oxygens (including phenoxy) is 1. The van der Waals surface area contributed by atoms with Crippen LogP contribution in [-0.4, -0.2) is 39.2 Å². The third-order valence-corrected chi connectivity index (χ3v) is 6.92. The summed E-state index contributed by atoms with van der Waals surface area (Å²) in [5, 5.41) is 13.5. The molecule has 0 aliphatic carbocycles. The van der Waals surface area contributed by atoms with E-state index >= 15 is 0 Å². The first kappa shape index (κ1) is 27.6. The Bertz CT molecular complexity index is 1150. The summed E-state index contributed by atoms with van der Waals surface area (Å²) in [5.41, 5.74) is 6.35. The van der Waals surface area contributed by atoms with Crippen LogP contribution < -0.4 is 5.32 Å². The number of aromatic nitrogens is 2. The summed E-state index contributed by atoms with van der Waals surface area (Å²) in [6.45, 7) is 10.4. The summed E-state index contributed by atoms with van der Waals surface area (Å²) < 4.78 is 7.84. The molecule has 2 heterocycles. The van der Waals surface area contributed by atoms with Crippen LogP contribution in [0.15, 0.2) is 66.3 Å². The number of imidazole rings is 1. The van der Waals surface area contributed by atoms with Gasteiger partial charge in [0.2, 0.25) is 0 Å². The van der Waals surface area contributed by atoms with Gasteiger partial charge in [-0.2, -0.15) is 0 Å². The number of aliphatic hydroxyl groups is 1. The minimum absolute atomic E-state index is 0.151. The molecule has 0 saturated carbocycles. The summed E-state index contributed by atoms with van der Waals surface area (Å²) in [7, 11) is 0. The molecule has 3 unspecified atom stereocenters. The van der Waals surface area contributed by atoms with Gasteiger partial charge in [0.1, 0.15) is 11.8 Å². The third-order valence-electron chi connectivity index (χ3n) is 6.92. The number of pyridine rings is 1.